The number of aliphatic hydroxyl groups excluding tert-OH is 2. The van der Waals surface area contributed by atoms with Crippen molar-refractivity contribution in [2.24, 2.45) is 0 Å². The van der Waals surface area contributed by atoms with Crippen molar-refractivity contribution in [1.29, 1.82) is 0 Å². The van der Waals surface area contributed by atoms with Crippen molar-refractivity contribution in [3.05, 3.63) is 24.3 Å². The van der Waals surface area contributed by atoms with E-state index in [-0.39, 0.29) is 18.5 Å². The smallest absolute Gasteiger partial charge is 0.305 e. The van der Waals surface area contributed by atoms with Crippen molar-refractivity contribution in [3.8, 4) is 0 Å². The van der Waals surface area contributed by atoms with E-state index in [1.54, 1.807) is 0 Å². The molecule has 0 saturated heterocycles. The standard InChI is InChI=1S/C67H129NO5/c1-3-5-7-9-11-13-15-17-19-21-24-27-31-35-39-43-47-51-55-59-65(70)64(63-69)68-66(71)60-56-52-48-44-40-36-32-28-25-23-26-30-34-38-42-46-50-54-58-62-73-67(72)61-57-53-49-45-41-37-33-29-22-20-18-16-14-12-10-8-6-4-2/h14,16,20,22,64-65,69-70H,3-13,15,17-19,21,23-63H2,1-2H3,(H,68,71)/b16-14-,22-20-. The number of carbonyl (C=O) groups is 2. The Morgan fingerprint density at radius 1 is 0.384 bits per heavy atom. The highest BCUT2D eigenvalue weighted by Crippen LogP contribution is 2.18. The first kappa shape index (κ1) is 71.3. The van der Waals surface area contributed by atoms with Gasteiger partial charge < -0.3 is 20.3 Å². The van der Waals surface area contributed by atoms with Crippen LogP contribution in [0.4, 0.5) is 0 Å². The Labute approximate surface area is 456 Å². The molecule has 0 radical (unpaired) electrons. The number of amides is 1. The van der Waals surface area contributed by atoms with E-state index >= 15 is 0 Å². The number of hydrogen-bond donors (Lipinski definition) is 3. The third kappa shape index (κ3) is 59.4. The number of aliphatic hydroxyl groups is 2. The maximum absolute atomic E-state index is 12.5. The number of carbonyl (C=O) groups excluding carboxylic acids is 2. The highest BCUT2D eigenvalue weighted by atomic mass is 16.5. The highest BCUT2D eigenvalue weighted by molar-refractivity contribution is 5.76. The molecule has 2 unspecified atom stereocenters. The Kier molecular flexibility index (Phi) is 61.4. The molecule has 0 saturated carbocycles. The van der Waals surface area contributed by atoms with Gasteiger partial charge in [-0.05, 0) is 57.8 Å². The van der Waals surface area contributed by atoms with E-state index in [0.29, 0.717) is 25.9 Å². The number of esters is 1. The Balaban J connectivity index is 3.39. The first-order valence-corrected chi connectivity index (χ1v) is 33.1. The number of hydrogen-bond acceptors (Lipinski definition) is 5. The maximum Gasteiger partial charge on any atom is 0.305 e. The maximum atomic E-state index is 12.5. The zero-order chi connectivity index (χ0) is 52.9. The zero-order valence-corrected chi connectivity index (χ0v) is 49.4. The normalized spacial score (nSPS) is 12.7. The fraction of sp³-hybridized carbons (Fsp3) is 0.910. The SMILES string of the molecule is CCCCCC/C=C\C/C=C\CCCCCCCCCC(=O)OCCCCCCCCCCCCCCCCCCCCCC(=O)NC(CO)C(O)CCCCCCCCCCCCCCCCCCCCC. The second-order valence-electron chi connectivity index (χ2n) is 22.8. The predicted molar refractivity (Wildman–Crippen MR) is 320 cm³/mol. The number of rotatable bonds is 62. The summed E-state index contributed by atoms with van der Waals surface area (Å²) < 4.78 is 5.49. The summed E-state index contributed by atoms with van der Waals surface area (Å²) in [4.78, 5) is 24.6. The summed E-state index contributed by atoms with van der Waals surface area (Å²) in [5.74, 6) is -0.0319. The molecule has 6 nitrogen and oxygen atoms in total. The lowest BCUT2D eigenvalue weighted by Gasteiger charge is -2.22. The highest BCUT2D eigenvalue weighted by Gasteiger charge is 2.20. The molecule has 2 atom stereocenters. The first-order chi connectivity index (χ1) is 36.0. The van der Waals surface area contributed by atoms with E-state index in [1.165, 1.54) is 283 Å². The molecule has 0 spiro atoms. The van der Waals surface area contributed by atoms with Crippen LogP contribution in [-0.2, 0) is 14.3 Å². The van der Waals surface area contributed by atoms with Crippen LogP contribution in [0.3, 0.4) is 0 Å². The third-order valence-electron chi connectivity index (χ3n) is 15.5. The molecule has 3 N–H and O–H groups in total. The van der Waals surface area contributed by atoms with E-state index in [9.17, 15) is 19.8 Å². The predicted octanol–water partition coefficient (Wildman–Crippen LogP) is 21.0. The van der Waals surface area contributed by atoms with Gasteiger partial charge in [0.15, 0.2) is 0 Å². The van der Waals surface area contributed by atoms with E-state index in [4.69, 9.17) is 4.74 Å². The van der Waals surface area contributed by atoms with Crippen LogP contribution in [-0.4, -0.2) is 47.4 Å². The van der Waals surface area contributed by atoms with E-state index in [2.05, 4.69) is 43.5 Å². The van der Waals surface area contributed by atoms with Crippen LogP contribution >= 0.6 is 0 Å². The van der Waals surface area contributed by atoms with Crippen LogP contribution in [0.15, 0.2) is 24.3 Å². The molecule has 0 bridgehead atoms. The summed E-state index contributed by atoms with van der Waals surface area (Å²) in [5.41, 5.74) is 0. The molecule has 0 fully saturated rings. The molecule has 0 aromatic heterocycles. The molecule has 0 rings (SSSR count). The van der Waals surface area contributed by atoms with Crippen molar-refractivity contribution >= 4 is 11.9 Å². The third-order valence-corrected chi connectivity index (χ3v) is 15.5. The fourth-order valence-electron chi connectivity index (χ4n) is 10.4. The van der Waals surface area contributed by atoms with Gasteiger partial charge in [0.05, 0.1) is 25.4 Å². The molecule has 0 aromatic rings. The topological polar surface area (TPSA) is 95.9 Å². The van der Waals surface area contributed by atoms with Crippen LogP contribution in [0, 0.1) is 0 Å². The van der Waals surface area contributed by atoms with Gasteiger partial charge in [0.25, 0.3) is 0 Å². The summed E-state index contributed by atoms with van der Waals surface area (Å²) in [6, 6.07) is -0.544. The fourth-order valence-corrected chi connectivity index (χ4v) is 10.4. The quantitative estimate of drug-likeness (QED) is 0.0320. The molecule has 1 amide bonds. The molecular formula is C67H129NO5. The van der Waals surface area contributed by atoms with Crippen molar-refractivity contribution in [2.75, 3.05) is 13.2 Å². The van der Waals surface area contributed by atoms with E-state index in [1.807, 2.05) is 0 Å². The molecule has 0 aliphatic carbocycles. The second-order valence-corrected chi connectivity index (χ2v) is 22.8. The Morgan fingerprint density at radius 2 is 0.685 bits per heavy atom. The van der Waals surface area contributed by atoms with Crippen LogP contribution < -0.4 is 5.32 Å². The lowest BCUT2D eigenvalue weighted by molar-refractivity contribution is -0.143. The Morgan fingerprint density at radius 3 is 1.05 bits per heavy atom. The van der Waals surface area contributed by atoms with E-state index < -0.39 is 12.1 Å². The summed E-state index contributed by atoms with van der Waals surface area (Å²) in [6.07, 6.45) is 77.6. The largest absolute Gasteiger partial charge is 0.466 e. The van der Waals surface area contributed by atoms with Gasteiger partial charge in [0, 0.05) is 12.8 Å². The lowest BCUT2D eigenvalue weighted by atomic mass is 10.0. The first-order valence-electron chi connectivity index (χ1n) is 33.1. The monoisotopic (exact) mass is 1030 g/mol. The van der Waals surface area contributed by atoms with Crippen LogP contribution in [0.1, 0.15) is 367 Å². The minimum Gasteiger partial charge on any atom is -0.466 e. The van der Waals surface area contributed by atoms with Gasteiger partial charge in [-0.25, -0.2) is 0 Å². The Bertz CT molecular complexity index is 1140. The van der Waals surface area contributed by atoms with Gasteiger partial charge in [0.2, 0.25) is 5.91 Å². The lowest BCUT2D eigenvalue weighted by Crippen LogP contribution is -2.45. The van der Waals surface area contributed by atoms with E-state index in [0.717, 1.165) is 51.4 Å². The Hall–Kier alpha value is -1.66. The van der Waals surface area contributed by atoms with Crippen LogP contribution in [0.5, 0.6) is 0 Å². The molecule has 73 heavy (non-hydrogen) atoms. The summed E-state index contributed by atoms with van der Waals surface area (Å²) >= 11 is 0. The molecule has 0 aromatic carbocycles. The van der Waals surface area contributed by atoms with Gasteiger partial charge >= 0.3 is 5.97 Å². The number of ether oxygens (including phenoxy) is 1. The van der Waals surface area contributed by atoms with Crippen LogP contribution in [0.2, 0.25) is 0 Å². The van der Waals surface area contributed by atoms with Crippen molar-refractivity contribution in [1.82, 2.24) is 5.32 Å². The van der Waals surface area contributed by atoms with Crippen molar-refractivity contribution in [3.63, 3.8) is 0 Å². The average molecular weight is 1030 g/mol. The molecule has 0 heterocycles. The van der Waals surface area contributed by atoms with Gasteiger partial charge in [0.1, 0.15) is 0 Å². The molecule has 6 heteroatoms. The summed E-state index contributed by atoms with van der Waals surface area (Å²) in [7, 11) is 0. The van der Waals surface area contributed by atoms with Crippen molar-refractivity contribution < 1.29 is 24.5 Å². The summed E-state index contributed by atoms with van der Waals surface area (Å²) in [6.45, 7) is 4.96. The number of allylic oxidation sites excluding steroid dienone is 4. The number of nitrogens with one attached hydrogen (secondary N) is 1. The second kappa shape index (κ2) is 62.9. The molecular weight excluding hydrogens is 899 g/mol. The molecule has 0 aliphatic heterocycles. The van der Waals surface area contributed by atoms with Gasteiger partial charge in [-0.1, -0.05) is 321 Å². The van der Waals surface area contributed by atoms with Gasteiger partial charge in [-0.15, -0.1) is 0 Å². The minimum atomic E-state index is -0.667. The van der Waals surface area contributed by atoms with Crippen molar-refractivity contribution in [2.45, 2.75) is 379 Å². The minimum absolute atomic E-state index is 0.00262. The number of unbranched alkanes of at least 4 members (excludes halogenated alkanes) is 47. The molecule has 432 valence electrons. The van der Waals surface area contributed by atoms with Gasteiger partial charge in [-0.3, -0.25) is 9.59 Å². The molecule has 0 aliphatic rings. The summed E-state index contributed by atoms with van der Waals surface area (Å²) in [5, 5.41) is 23.4. The van der Waals surface area contributed by atoms with Crippen LogP contribution in [0.25, 0.3) is 0 Å². The van der Waals surface area contributed by atoms with Gasteiger partial charge in [-0.2, -0.15) is 0 Å². The zero-order valence-electron chi connectivity index (χ0n) is 49.4. The average Bonchev–Trinajstić information content (AvgIpc) is 3.39.